The zero-order valence-electron chi connectivity index (χ0n) is 21.6. The van der Waals surface area contributed by atoms with Gasteiger partial charge in [0.1, 0.15) is 12.4 Å². The molecule has 9 heteroatoms. The van der Waals surface area contributed by atoms with E-state index >= 15 is 0 Å². The highest BCUT2D eigenvalue weighted by atomic mass is 32.2. The van der Waals surface area contributed by atoms with Crippen LogP contribution in [0.4, 0.5) is 0 Å². The first-order chi connectivity index (χ1) is 18.5. The van der Waals surface area contributed by atoms with E-state index in [1.165, 1.54) is 11.8 Å². The summed E-state index contributed by atoms with van der Waals surface area (Å²) in [6.45, 7) is 6.56. The molecule has 2 aromatic rings. The molecule has 1 saturated heterocycles. The van der Waals surface area contributed by atoms with Crippen molar-refractivity contribution in [2.45, 2.75) is 32.9 Å². The fourth-order valence-electron chi connectivity index (χ4n) is 4.75. The van der Waals surface area contributed by atoms with Crippen molar-refractivity contribution in [1.82, 2.24) is 9.80 Å². The minimum atomic E-state index is -0.499. The Morgan fingerprint density at radius 1 is 1.11 bits per heavy atom. The van der Waals surface area contributed by atoms with Gasteiger partial charge >= 0.3 is 5.97 Å². The molecule has 0 saturated carbocycles. The molecule has 0 aliphatic carbocycles. The molecule has 5 rings (SSSR count). The van der Waals surface area contributed by atoms with Gasteiger partial charge in [0.15, 0.2) is 5.17 Å². The number of allylic oxidation sites excluding steroid dienone is 1. The number of hydrogen-bond donors (Lipinski definition) is 0. The molecule has 0 bridgehead atoms. The number of amidine groups is 1. The number of carbonyl (C=O) groups is 2. The van der Waals surface area contributed by atoms with Crippen LogP contribution >= 0.6 is 11.8 Å². The van der Waals surface area contributed by atoms with E-state index < -0.39 is 12.0 Å². The molecule has 3 aliphatic heterocycles. The van der Waals surface area contributed by atoms with E-state index in [2.05, 4.69) is 0 Å². The number of nitrogens with zero attached hydrogens (tertiary/aromatic N) is 3. The van der Waals surface area contributed by atoms with Crippen LogP contribution in [0.2, 0.25) is 0 Å². The average molecular weight is 534 g/mol. The Kier molecular flexibility index (Phi) is 8.14. The lowest BCUT2D eigenvalue weighted by molar-refractivity contribution is -0.139. The molecule has 8 nitrogen and oxygen atoms in total. The lowest BCUT2D eigenvalue weighted by atomic mass is 9.93. The summed E-state index contributed by atoms with van der Waals surface area (Å²) < 4.78 is 17.0. The number of esters is 1. The standard InChI is InChI=1S/C29H31N3O5S/c1-3-36-28(34)26-20(2)30-29-32(23(19-38-29)17-25(33)31-12-14-35-15-13-31)27(26)22-10-7-11-24(16-22)37-18-21-8-5-4-6-9-21/h4-11,16,19,27H,3,12-15,17-18H2,1-2H3/t27-/m0/s1. The number of fused-ring (bicyclic) bond motifs is 1. The van der Waals surface area contributed by atoms with Crippen LogP contribution in [0.5, 0.6) is 5.75 Å². The van der Waals surface area contributed by atoms with Crippen LogP contribution in [0.1, 0.15) is 37.4 Å². The third kappa shape index (κ3) is 5.63. The van der Waals surface area contributed by atoms with E-state index in [1.54, 1.807) is 6.92 Å². The second-order valence-corrected chi connectivity index (χ2v) is 9.97. The van der Waals surface area contributed by atoms with Gasteiger partial charge in [-0.05, 0) is 42.5 Å². The van der Waals surface area contributed by atoms with E-state index in [9.17, 15) is 9.59 Å². The molecular weight excluding hydrogens is 502 g/mol. The number of amides is 1. The fraction of sp³-hybridized carbons (Fsp3) is 0.345. The van der Waals surface area contributed by atoms with Crippen molar-refractivity contribution >= 4 is 28.8 Å². The van der Waals surface area contributed by atoms with Gasteiger partial charge in [0, 0.05) is 18.8 Å². The largest absolute Gasteiger partial charge is 0.489 e. The maximum Gasteiger partial charge on any atom is 0.338 e. The van der Waals surface area contributed by atoms with Crippen molar-refractivity contribution < 1.29 is 23.8 Å². The fourth-order valence-corrected chi connectivity index (χ4v) is 5.71. The van der Waals surface area contributed by atoms with Crippen LogP contribution in [-0.4, -0.2) is 59.8 Å². The number of hydrogen-bond acceptors (Lipinski definition) is 8. The molecule has 3 heterocycles. The summed E-state index contributed by atoms with van der Waals surface area (Å²) in [5.74, 6) is 0.311. The zero-order chi connectivity index (χ0) is 26.5. The monoisotopic (exact) mass is 533 g/mol. The SMILES string of the molecule is CCOC(=O)C1=C(C)N=C2SC=C(CC(=O)N3CCOCC3)N2[C@H]1c1cccc(OCc2ccccc2)c1. The van der Waals surface area contributed by atoms with Crippen molar-refractivity contribution in [2.75, 3.05) is 32.9 Å². The first-order valence-corrected chi connectivity index (χ1v) is 13.7. The maximum atomic E-state index is 13.2. The number of rotatable bonds is 8. The van der Waals surface area contributed by atoms with Gasteiger partial charge in [-0.2, -0.15) is 0 Å². The minimum Gasteiger partial charge on any atom is -0.489 e. The molecular formula is C29H31N3O5S. The molecule has 0 aromatic heterocycles. The Morgan fingerprint density at radius 2 is 1.89 bits per heavy atom. The summed E-state index contributed by atoms with van der Waals surface area (Å²) in [4.78, 5) is 34.9. The smallest absolute Gasteiger partial charge is 0.338 e. The first-order valence-electron chi connectivity index (χ1n) is 12.8. The maximum absolute atomic E-state index is 13.2. The minimum absolute atomic E-state index is 0.0315. The highest BCUT2D eigenvalue weighted by molar-refractivity contribution is 8.16. The van der Waals surface area contributed by atoms with E-state index in [4.69, 9.17) is 19.2 Å². The summed E-state index contributed by atoms with van der Waals surface area (Å²) in [6.07, 6.45) is 0.210. The summed E-state index contributed by atoms with van der Waals surface area (Å²) in [5, 5.41) is 2.70. The Labute approximate surface area is 226 Å². The molecule has 0 unspecified atom stereocenters. The van der Waals surface area contributed by atoms with Crippen LogP contribution in [0, 0.1) is 0 Å². The summed E-state index contributed by atoms with van der Waals surface area (Å²) in [6, 6.07) is 17.2. The third-order valence-corrected chi connectivity index (χ3v) is 7.50. The Balaban J connectivity index is 1.46. The van der Waals surface area contributed by atoms with Crippen LogP contribution < -0.4 is 4.74 Å². The van der Waals surface area contributed by atoms with Crippen LogP contribution in [-0.2, 0) is 25.7 Å². The Hall–Kier alpha value is -3.56. The number of morpholine rings is 1. The molecule has 1 fully saturated rings. The predicted octanol–water partition coefficient (Wildman–Crippen LogP) is 4.65. The Morgan fingerprint density at radius 3 is 2.66 bits per heavy atom. The van der Waals surface area contributed by atoms with Crippen LogP contribution in [0.15, 0.2) is 82.0 Å². The quantitative estimate of drug-likeness (QED) is 0.457. The third-order valence-electron chi connectivity index (χ3n) is 6.61. The van der Waals surface area contributed by atoms with Crippen molar-refractivity contribution in [3.05, 3.63) is 88.1 Å². The molecule has 1 amide bonds. The van der Waals surface area contributed by atoms with Gasteiger partial charge in [-0.3, -0.25) is 4.79 Å². The molecule has 0 N–H and O–H groups in total. The van der Waals surface area contributed by atoms with Gasteiger partial charge in [-0.25, -0.2) is 9.79 Å². The molecule has 38 heavy (non-hydrogen) atoms. The number of aliphatic imine (C=N–C) groups is 1. The molecule has 3 aliphatic rings. The number of ether oxygens (including phenoxy) is 3. The van der Waals surface area contributed by atoms with Crippen LogP contribution in [0.3, 0.4) is 0 Å². The molecule has 1 atom stereocenters. The van der Waals surface area contributed by atoms with Crippen molar-refractivity contribution in [3.8, 4) is 5.75 Å². The van der Waals surface area contributed by atoms with Crippen molar-refractivity contribution in [1.29, 1.82) is 0 Å². The summed E-state index contributed by atoms with van der Waals surface area (Å²) in [5.41, 5.74) is 3.80. The molecule has 0 spiro atoms. The van der Waals surface area contributed by atoms with E-state index in [-0.39, 0.29) is 18.9 Å². The lowest BCUT2D eigenvalue weighted by Crippen LogP contribution is -2.42. The number of benzene rings is 2. The topological polar surface area (TPSA) is 80.7 Å². The zero-order valence-corrected chi connectivity index (χ0v) is 22.4. The summed E-state index contributed by atoms with van der Waals surface area (Å²) >= 11 is 1.46. The number of thioether (sulfide) groups is 1. The second kappa shape index (κ2) is 11.9. The van der Waals surface area contributed by atoms with Gasteiger partial charge in [-0.15, -0.1) is 0 Å². The van der Waals surface area contributed by atoms with E-state index in [0.29, 0.717) is 49.9 Å². The van der Waals surface area contributed by atoms with Crippen LogP contribution in [0.25, 0.3) is 0 Å². The molecule has 198 valence electrons. The van der Waals surface area contributed by atoms with Crippen molar-refractivity contribution in [3.63, 3.8) is 0 Å². The Bertz CT molecular complexity index is 1280. The van der Waals surface area contributed by atoms with Gasteiger partial charge in [-0.1, -0.05) is 54.2 Å². The van der Waals surface area contributed by atoms with Gasteiger partial charge in [0.25, 0.3) is 0 Å². The van der Waals surface area contributed by atoms with Gasteiger partial charge in [0.05, 0.1) is 43.6 Å². The normalized spacial score (nSPS) is 19.1. The summed E-state index contributed by atoms with van der Waals surface area (Å²) in [7, 11) is 0. The van der Waals surface area contributed by atoms with E-state index in [0.717, 1.165) is 22.0 Å². The number of carbonyl (C=O) groups excluding carboxylic acids is 2. The first kappa shape index (κ1) is 26.1. The second-order valence-electron chi connectivity index (χ2n) is 9.13. The van der Waals surface area contributed by atoms with E-state index in [1.807, 2.05) is 76.7 Å². The highest BCUT2D eigenvalue weighted by Crippen LogP contribution is 2.45. The average Bonchev–Trinajstić information content (AvgIpc) is 3.34. The van der Waals surface area contributed by atoms with Crippen molar-refractivity contribution in [2.24, 2.45) is 4.99 Å². The van der Waals surface area contributed by atoms with Gasteiger partial charge in [0.2, 0.25) is 5.91 Å². The van der Waals surface area contributed by atoms with Gasteiger partial charge < -0.3 is 24.0 Å². The molecule has 2 aromatic carbocycles. The highest BCUT2D eigenvalue weighted by Gasteiger charge is 2.41. The lowest BCUT2D eigenvalue weighted by Gasteiger charge is -2.37. The molecule has 0 radical (unpaired) electrons. The predicted molar refractivity (Wildman–Crippen MR) is 146 cm³/mol.